The van der Waals surface area contributed by atoms with Crippen LogP contribution < -0.4 is 77.9 Å². The Hall–Kier alpha value is -2.00. The van der Waals surface area contributed by atoms with Gasteiger partial charge in [0.2, 0.25) is 0 Å². The monoisotopic (exact) mass is 910 g/mol. The molecule has 0 aliphatic heterocycles. The molecule has 318 valence electrons. The third-order valence-corrected chi connectivity index (χ3v) is 18.0. The molecular formula is C52H50Na2O8P2. The van der Waals surface area contributed by atoms with Gasteiger partial charge < -0.3 is 27.9 Å². The van der Waals surface area contributed by atoms with E-state index in [0.29, 0.717) is 60.9 Å². The fraction of sp³-hybridized carbons (Fsp3) is 0.423. The fourth-order valence-corrected chi connectivity index (χ4v) is 15.3. The summed E-state index contributed by atoms with van der Waals surface area (Å²) in [4.78, 5) is 28.2. The molecule has 13 rings (SSSR count). The summed E-state index contributed by atoms with van der Waals surface area (Å²) in [6, 6.07) is 27.1. The Labute approximate surface area is 420 Å². The molecule has 12 heteroatoms. The molecule has 8 aliphatic rings. The van der Waals surface area contributed by atoms with Gasteiger partial charge in [0, 0.05) is 69.6 Å². The number of hydrogen-bond acceptors (Lipinski definition) is 8. The number of fused-ring (bicyclic) bond motifs is 32. The minimum absolute atomic E-state index is 0. The van der Waals surface area contributed by atoms with Crippen LogP contribution in [-0.4, -0.2) is 13.2 Å². The molecule has 0 radical (unpaired) electrons. The van der Waals surface area contributed by atoms with Crippen molar-refractivity contribution in [1.82, 2.24) is 0 Å². The number of benzene rings is 5. The summed E-state index contributed by atoms with van der Waals surface area (Å²) in [5, 5.41) is 0. The van der Waals surface area contributed by atoms with Crippen LogP contribution in [0, 0.1) is 11.8 Å². The third kappa shape index (κ3) is 6.45. The Kier molecular flexibility index (Phi) is 11.0. The summed E-state index contributed by atoms with van der Waals surface area (Å²) < 4.78 is 52.3. The van der Waals surface area contributed by atoms with E-state index in [0.717, 1.165) is 35.1 Å². The second-order valence-corrected chi connectivity index (χ2v) is 22.9. The average Bonchev–Trinajstić information content (AvgIpc) is 4.12. The quantitative estimate of drug-likeness (QED) is 0.120. The summed E-state index contributed by atoms with van der Waals surface area (Å²) in [7, 11) is -9.76. The van der Waals surface area contributed by atoms with E-state index in [9.17, 15) is 18.9 Å². The van der Waals surface area contributed by atoms with Crippen LogP contribution in [0.25, 0.3) is 0 Å². The maximum Gasteiger partial charge on any atom is 1.00 e. The zero-order valence-electron chi connectivity index (χ0n) is 37.5. The maximum atomic E-state index is 14.1. The van der Waals surface area contributed by atoms with Crippen molar-refractivity contribution in [3.8, 4) is 11.5 Å². The molecule has 10 unspecified atom stereocenters. The Morgan fingerprint density at radius 2 is 0.703 bits per heavy atom. The fourth-order valence-electron chi connectivity index (χ4n) is 13.7. The normalized spacial score (nSPS) is 27.1. The van der Waals surface area contributed by atoms with Gasteiger partial charge in [-0.1, -0.05) is 100 Å². The van der Waals surface area contributed by atoms with E-state index in [2.05, 4.69) is 72.8 Å². The zero-order chi connectivity index (χ0) is 42.1. The number of hydrogen-bond donors (Lipinski definition) is 0. The Balaban J connectivity index is 0.00000228. The van der Waals surface area contributed by atoms with E-state index in [-0.39, 0.29) is 108 Å². The molecule has 10 atom stereocenters. The van der Waals surface area contributed by atoms with Crippen molar-refractivity contribution in [2.24, 2.45) is 11.8 Å². The summed E-state index contributed by atoms with van der Waals surface area (Å²) >= 11 is 0. The molecule has 5 aromatic carbocycles. The van der Waals surface area contributed by atoms with Crippen molar-refractivity contribution in [3.63, 3.8) is 0 Å². The van der Waals surface area contributed by atoms with E-state index >= 15 is 0 Å². The standard InChI is InChI=1S/C52H52O8P2.2Na/c1-25(2)13-15-57-61(53,54)59-51-47-43-23-45(41-21-37-33-17-31(35(37)19-39(41)43)27-9-5-7-11-29(27)33)49(47)52(60-62(55,56)58-16-14-26(3)4)50-46-24-44(48(50)51)40-20-36-32-18-34(38(36)22-42(40)46)30-12-8-6-10-28(30)32;;/h5-12,19-22,25-26,31-34,43-46H,13-18,23-24H2,1-4H3,(H,53,54)(H,55,56);;/q;2*+1/p-2. The van der Waals surface area contributed by atoms with Crippen LogP contribution in [0.4, 0.5) is 0 Å². The van der Waals surface area contributed by atoms with Crippen molar-refractivity contribution in [2.75, 3.05) is 13.2 Å². The van der Waals surface area contributed by atoms with Gasteiger partial charge in [-0.2, -0.15) is 0 Å². The first kappa shape index (κ1) is 44.5. The van der Waals surface area contributed by atoms with Gasteiger partial charge in [0.15, 0.2) is 0 Å². The second kappa shape index (κ2) is 15.8. The van der Waals surface area contributed by atoms with Gasteiger partial charge in [0.1, 0.15) is 11.5 Å². The number of rotatable bonds is 12. The first-order valence-corrected chi connectivity index (χ1v) is 25.8. The van der Waals surface area contributed by atoms with E-state index in [1.54, 1.807) is 0 Å². The van der Waals surface area contributed by atoms with Gasteiger partial charge in [-0.25, -0.2) is 0 Å². The average molecular weight is 911 g/mol. The molecule has 0 amide bonds. The molecule has 8 aliphatic carbocycles. The van der Waals surface area contributed by atoms with Crippen LogP contribution in [0.3, 0.4) is 0 Å². The molecule has 0 fully saturated rings. The molecule has 8 bridgehead atoms. The Bertz CT molecular complexity index is 2570. The van der Waals surface area contributed by atoms with Gasteiger partial charge in [0.05, 0.1) is 13.2 Å². The number of phosphoric ester groups is 2. The number of phosphoric acid groups is 2. The minimum Gasteiger partial charge on any atom is -0.746 e. The maximum absolute atomic E-state index is 14.1. The Morgan fingerprint density at radius 1 is 0.453 bits per heavy atom. The van der Waals surface area contributed by atoms with Crippen LogP contribution >= 0.6 is 15.6 Å². The summed E-state index contributed by atoms with van der Waals surface area (Å²) in [6.45, 7) is 8.17. The van der Waals surface area contributed by atoms with Crippen LogP contribution in [0.2, 0.25) is 0 Å². The van der Waals surface area contributed by atoms with Crippen LogP contribution in [0.15, 0.2) is 72.8 Å². The van der Waals surface area contributed by atoms with Crippen molar-refractivity contribution in [1.29, 1.82) is 0 Å². The van der Waals surface area contributed by atoms with Gasteiger partial charge in [-0.3, -0.25) is 9.13 Å². The Morgan fingerprint density at radius 3 is 0.969 bits per heavy atom. The van der Waals surface area contributed by atoms with Crippen molar-refractivity contribution >= 4 is 15.6 Å². The molecular weight excluding hydrogens is 860 g/mol. The van der Waals surface area contributed by atoms with Gasteiger partial charge in [-0.15, -0.1) is 0 Å². The van der Waals surface area contributed by atoms with E-state index < -0.39 is 15.6 Å². The predicted octanol–water partition coefficient (Wildman–Crippen LogP) is 5.44. The largest absolute Gasteiger partial charge is 1.00 e. The first-order chi connectivity index (χ1) is 29.9. The van der Waals surface area contributed by atoms with E-state index in [1.165, 1.54) is 66.8 Å². The second-order valence-electron chi connectivity index (χ2n) is 20.3. The SMILES string of the molecule is CC(C)CCOP(=O)([O-])Oc1c2c(c(OP(=O)([O-])OCCC(C)C)c3c1C1CC3c3cc4c(cc31)C1CC4c3ccccc31)C1CC2c2cc3c(cc21)C1CC3c2ccccc21.[Na+].[Na+]. The first-order valence-electron chi connectivity index (χ1n) is 22.9. The molecule has 8 nitrogen and oxygen atoms in total. The third-order valence-electron chi connectivity index (χ3n) is 16.2. The van der Waals surface area contributed by atoms with E-state index in [1.807, 2.05) is 27.7 Å². The van der Waals surface area contributed by atoms with Crippen molar-refractivity contribution in [2.45, 2.75) is 114 Å². The van der Waals surface area contributed by atoms with Crippen molar-refractivity contribution in [3.05, 3.63) is 162 Å². The van der Waals surface area contributed by atoms with Gasteiger partial charge >= 0.3 is 74.8 Å². The van der Waals surface area contributed by atoms with Gasteiger partial charge in [0.25, 0.3) is 0 Å². The molecule has 0 saturated heterocycles. The molecule has 5 aromatic rings. The van der Waals surface area contributed by atoms with E-state index in [4.69, 9.17) is 18.1 Å². The van der Waals surface area contributed by atoms with Crippen LogP contribution in [0.5, 0.6) is 11.5 Å². The van der Waals surface area contributed by atoms with Crippen LogP contribution in [-0.2, 0) is 18.2 Å². The molecule has 0 aromatic heterocycles. The minimum atomic E-state index is -4.88. The zero-order valence-corrected chi connectivity index (χ0v) is 43.3. The van der Waals surface area contributed by atoms with Crippen LogP contribution in [0.1, 0.15) is 203 Å². The molecule has 0 heterocycles. The molecule has 0 spiro atoms. The topological polar surface area (TPSA) is 117 Å². The predicted molar refractivity (Wildman–Crippen MR) is 233 cm³/mol. The molecule has 0 saturated carbocycles. The summed E-state index contributed by atoms with van der Waals surface area (Å²) in [6.07, 6.45) is 4.59. The summed E-state index contributed by atoms with van der Waals surface area (Å²) in [5.41, 5.74) is 18.7. The van der Waals surface area contributed by atoms with Gasteiger partial charge in [-0.05, 0) is 117 Å². The molecule has 64 heavy (non-hydrogen) atoms. The smallest absolute Gasteiger partial charge is 0.746 e. The molecule has 0 N–H and O–H groups in total. The summed E-state index contributed by atoms with van der Waals surface area (Å²) in [5.74, 6) is 1.61. The van der Waals surface area contributed by atoms with Crippen molar-refractivity contribution < 1.29 is 96.1 Å².